The zero-order chi connectivity index (χ0) is 18.7. The Hall–Kier alpha value is -1.36. The van der Waals surface area contributed by atoms with Crippen LogP contribution in [0.3, 0.4) is 0 Å². The van der Waals surface area contributed by atoms with Gasteiger partial charge >= 0.3 is 0 Å². The van der Waals surface area contributed by atoms with E-state index in [-0.39, 0.29) is 17.0 Å². The summed E-state index contributed by atoms with van der Waals surface area (Å²) < 4.78 is 0. The summed E-state index contributed by atoms with van der Waals surface area (Å²) in [5, 5.41) is 0. The average molecular weight is 353 g/mol. The Balaban J connectivity index is 1.66. The monoisotopic (exact) mass is 352 g/mol. The first-order valence-corrected chi connectivity index (χ1v) is 10.5. The van der Waals surface area contributed by atoms with Gasteiger partial charge in [0.25, 0.3) is 0 Å². The second-order valence-corrected chi connectivity index (χ2v) is 10.1. The van der Waals surface area contributed by atoms with Gasteiger partial charge in [0, 0.05) is 24.8 Å². The van der Waals surface area contributed by atoms with Crippen molar-refractivity contribution in [2.45, 2.75) is 72.1 Å². The zero-order valence-corrected chi connectivity index (χ0v) is 16.5. The molecule has 0 aromatic heterocycles. The van der Waals surface area contributed by atoms with Gasteiger partial charge in [0.15, 0.2) is 11.6 Å². The fourth-order valence-electron chi connectivity index (χ4n) is 7.69. The molecule has 4 aliphatic carbocycles. The molecule has 7 atom stereocenters. The minimum atomic E-state index is -0.0717. The van der Waals surface area contributed by atoms with Gasteiger partial charge in [-0.05, 0) is 78.6 Å². The van der Waals surface area contributed by atoms with Gasteiger partial charge in [-0.3, -0.25) is 9.59 Å². The van der Waals surface area contributed by atoms with Crippen LogP contribution in [0.1, 0.15) is 72.1 Å². The number of hydrogen-bond donors (Lipinski definition) is 0. The molecule has 2 heteroatoms. The van der Waals surface area contributed by atoms with Crippen LogP contribution >= 0.6 is 0 Å². The molecule has 4 unspecified atom stereocenters. The van der Waals surface area contributed by atoms with E-state index in [0.29, 0.717) is 47.8 Å². The summed E-state index contributed by atoms with van der Waals surface area (Å²) in [5.74, 6) is 6.26. The molecule has 0 spiro atoms. The van der Waals surface area contributed by atoms with Crippen molar-refractivity contribution >= 4 is 11.6 Å². The van der Waals surface area contributed by atoms with Gasteiger partial charge in [0.1, 0.15) is 0 Å². The summed E-state index contributed by atoms with van der Waals surface area (Å²) >= 11 is 0. The lowest BCUT2D eigenvalue weighted by Crippen LogP contribution is -2.53. The molecule has 0 aromatic carbocycles. The number of carbonyl (C=O) groups is 2. The first-order valence-electron chi connectivity index (χ1n) is 10.5. The quantitative estimate of drug-likeness (QED) is 0.657. The molecule has 0 aromatic rings. The van der Waals surface area contributed by atoms with Crippen LogP contribution in [0.5, 0.6) is 0 Å². The predicted molar refractivity (Wildman–Crippen MR) is 103 cm³/mol. The van der Waals surface area contributed by atoms with Gasteiger partial charge in [0.05, 0.1) is 0 Å². The highest BCUT2D eigenvalue weighted by Gasteiger charge is 2.60. The molecule has 4 aliphatic rings. The van der Waals surface area contributed by atoms with Crippen molar-refractivity contribution in [2.75, 3.05) is 0 Å². The molecular weight excluding hydrogens is 320 g/mol. The first-order chi connectivity index (χ1) is 12.3. The number of ketones is 2. The van der Waals surface area contributed by atoms with Crippen molar-refractivity contribution in [1.82, 2.24) is 0 Å². The highest BCUT2D eigenvalue weighted by Crippen LogP contribution is 2.67. The Morgan fingerprint density at radius 3 is 2.69 bits per heavy atom. The molecule has 2 nitrogen and oxygen atoms in total. The van der Waals surface area contributed by atoms with Gasteiger partial charge < -0.3 is 0 Å². The van der Waals surface area contributed by atoms with Crippen LogP contribution in [-0.2, 0) is 9.59 Å². The van der Waals surface area contributed by atoms with Gasteiger partial charge in [0.2, 0.25) is 0 Å². The first kappa shape index (κ1) is 18.0. The second-order valence-electron chi connectivity index (χ2n) is 10.1. The Bertz CT molecular complexity index is 710. The summed E-state index contributed by atoms with van der Waals surface area (Å²) in [6.07, 6.45) is 15.3. The second kappa shape index (κ2) is 6.08. The molecule has 0 N–H and O–H groups in total. The summed E-state index contributed by atoms with van der Waals surface area (Å²) in [4.78, 5) is 24.9. The van der Waals surface area contributed by atoms with E-state index in [2.05, 4.69) is 26.7 Å². The maximum absolute atomic E-state index is 13.0. The fourth-order valence-corrected chi connectivity index (χ4v) is 7.69. The molecule has 0 heterocycles. The Labute approximate surface area is 158 Å². The van der Waals surface area contributed by atoms with Crippen molar-refractivity contribution in [3.8, 4) is 12.3 Å². The van der Waals surface area contributed by atoms with Gasteiger partial charge in [-0.15, -0.1) is 12.3 Å². The summed E-state index contributed by atoms with van der Waals surface area (Å²) in [6.45, 7) is 7.09. The highest BCUT2D eigenvalue weighted by atomic mass is 16.1. The van der Waals surface area contributed by atoms with Crippen molar-refractivity contribution in [1.29, 1.82) is 0 Å². The van der Waals surface area contributed by atoms with E-state index in [0.717, 1.165) is 18.4 Å². The smallest absolute Gasteiger partial charge is 0.159 e. The summed E-state index contributed by atoms with van der Waals surface area (Å²) in [7, 11) is 0. The van der Waals surface area contributed by atoms with Crippen molar-refractivity contribution in [3.05, 3.63) is 11.6 Å². The van der Waals surface area contributed by atoms with E-state index >= 15 is 0 Å². The third kappa shape index (κ3) is 2.39. The number of fused-ring (bicyclic) bond motifs is 5. The minimum Gasteiger partial charge on any atom is -0.295 e. The molecule has 26 heavy (non-hydrogen) atoms. The predicted octanol–water partition coefficient (Wildman–Crippen LogP) is 4.97. The number of Topliss-reactive ketones (excluding diaryl/α,β-unsaturated/α-hetero) is 1. The molecule has 3 fully saturated rings. The van der Waals surface area contributed by atoms with Gasteiger partial charge in [-0.1, -0.05) is 20.8 Å². The Morgan fingerprint density at radius 1 is 1.19 bits per heavy atom. The molecular formula is C24H32O2. The highest BCUT2D eigenvalue weighted by molar-refractivity contribution is 6.05. The molecule has 0 amide bonds. The molecule has 3 saturated carbocycles. The lowest BCUT2D eigenvalue weighted by atomic mass is 9.46. The average Bonchev–Trinajstić information content (AvgIpc) is 2.94. The fraction of sp³-hybridized carbons (Fsp3) is 0.750. The Morgan fingerprint density at radius 2 is 1.96 bits per heavy atom. The van der Waals surface area contributed by atoms with Gasteiger partial charge in [-0.25, -0.2) is 0 Å². The minimum absolute atomic E-state index is 0.0717. The third-order valence-electron chi connectivity index (χ3n) is 8.99. The Kier molecular flexibility index (Phi) is 4.22. The maximum atomic E-state index is 13.0. The normalized spacial score (nSPS) is 45.8. The summed E-state index contributed by atoms with van der Waals surface area (Å²) in [6, 6.07) is 0. The van der Waals surface area contributed by atoms with Crippen LogP contribution in [0.25, 0.3) is 0 Å². The largest absolute Gasteiger partial charge is 0.295 e. The standard InChI is InChI=1S/C24H32O2/c1-5-6-15(2)18-7-8-19-17-14-22(26)21-13-16(25)9-11-24(21,4)20(17)10-12-23(18,19)3/h1,13,15,17-20H,6-12,14H2,2-4H3/t15?,17?,18-,19?,20?,23-,24-/m1/s1. The summed E-state index contributed by atoms with van der Waals surface area (Å²) in [5.41, 5.74) is 1.12. The van der Waals surface area contributed by atoms with Crippen LogP contribution < -0.4 is 0 Å². The number of allylic oxidation sites excluding steroid dienone is 1. The maximum Gasteiger partial charge on any atom is 0.159 e. The van der Waals surface area contributed by atoms with E-state index in [4.69, 9.17) is 6.42 Å². The van der Waals surface area contributed by atoms with E-state index in [1.54, 1.807) is 6.08 Å². The van der Waals surface area contributed by atoms with Gasteiger partial charge in [-0.2, -0.15) is 0 Å². The topological polar surface area (TPSA) is 34.1 Å². The zero-order valence-electron chi connectivity index (χ0n) is 16.5. The molecule has 0 bridgehead atoms. The number of carbonyl (C=O) groups excluding carboxylic acids is 2. The lowest BCUT2D eigenvalue weighted by Gasteiger charge is -2.57. The van der Waals surface area contributed by atoms with Crippen LogP contribution in [0.15, 0.2) is 11.6 Å². The third-order valence-corrected chi connectivity index (χ3v) is 8.99. The molecule has 0 aliphatic heterocycles. The lowest BCUT2D eigenvalue weighted by molar-refractivity contribution is -0.131. The van der Waals surface area contributed by atoms with Crippen LogP contribution in [-0.4, -0.2) is 11.6 Å². The number of rotatable bonds is 2. The molecule has 0 saturated heterocycles. The van der Waals surface area contributed by atoms with Crippen molar-refractivity contribution in [3.63, 3.8) is 0 Å². The van der Waals surface area contributed by atoms with Crippen molar-refractivity contribution < 1.29 is 9.59 Å². The van der Waals surface area contributed by atoms with E-state index in [1.165, 1.54) is 25.7 Å². The number of terminal acetylenes is 1. The molecule has 4 rings (SSSR count). The number of hydrogen-bond acceptors (Lipinski definition) is 2. The van der Waals surface area contributed by atoms with Crippen LogP contribution in [0.2, 0.25) is 0 Å². The van der Waals surface area contributed by atoms with Crippen LogP contribution in [0.4, 0.5) is 0 Å². The molecule has 0 radical (unpaired) electrons. The SMILES string of the molecule is C#CCC(C)[C@H]1CCC2C3CC(=O)C4=CC(=O)CC[C@]4(C)C3CC[C@@]21C. The van der Waals surface area contributed by atoms with Crippen molar-refractivity contribution in [2.24, 2.45) is 40.4 Å². The van der Waals surface area contributed by atoms with E-state index in [1.807, 2.05) is 0 Å². The van der Waals surface area contributed by atoms with Crippen LogP contribution in [0, 0.1) is 52.8 Å². The van der Waals surface area contributed by atoms with E-state index in [9.17, 15) is 9.59 Å². The van der Waals surface area contributed by atoms with E-state index < -0.39 is 0 Å². The molecule has 140 valence electrons.